The first-order valence-corrected chi connectivity index (χ1v) is 9.37. The maximum atomic E-state index is 12.7. The number of likely N-dealkylation sites (tertiary alicyclic amines) is 1. The third kappa shape index (κ3) is 3.09. The number of fused-ring (bicyclic) bond motifs is 1. The second kappa shape index (κ2) is 6.64. The number of amides is 1. The van der Waals surface area contributed by atoms with Gasteiger partial charge in [-0.3, -0.25) is 4.79 Å². The lowest BCUT2D eigenvalue weighted by molar-refractivity contribution is -0.129. The van der Waals surface area contributed by atoms with Crippen molar-refractivity contribution in [2.24, 2.45) is 0 Å². The van der Waals surface area contributed by atoms with E-state index in [1.165, 1.54) is 0 Å². The number of hydrogen-bond donors (Lipinski definition) is 0. The zero-order chi connectivity index (χ0) is 17.4. The molecule has 2 aromatic carbocycles. The Morgan fingerprint density at radius 2 is 1.96 bits per heavy atom. The van der Waals surface area contributed by atoms with Crippen LogP contribution < -0.4 is 0 Å². The number of carbonyl (C=O) groups excluding carboxylic acids is 1. The first-order chi connectivity index (χ1) is 12.1. The minimum atomic E-state index is 0.191. The van der Waals surface area contributed by atoms with Gasteiger partial charge in [-0.1, -0.05) is 46.3 Å². The van der Waals surface area contributed by atoms with Crippen molar-refractivity contribution in [1.82, 2.24) is 14.5 Å². The van der Waals surface area contributed by atoms with Gasteiger partial charge in [-0.15, -0.1) is 0 Å². The molecule has 0 bridgehead atoms. The van der Waals surface area contributed by atoms with E-state index in [0.717, 1.165) is 46.4 Å². The molecule has 0 aliphatic carbocycles. The number of aromatic nitrogens is 2. The van der Waals surface area contributed by atoms with E-state index in [0.29, 0.717) is 12.5 Å². The van der Waals surface area contributed by atoms with Crippen molar-refractivity contribution in [3.05, 3.63) is 64.4 Å². The molecule has 1 aliphatic heterocycles. The molecule has 3 aromatic rings. The van der Waals surface area contributed by atoms with E-state index in [2.05, 4.69) is 31.5 Å². The lowest BCUT2D eigenvalue weighted by Crippen LogP contribution is -2.30. The number of aryl methyl sites for hydroxylation is 1. The number of halogens is 1. The summed E-state index contributed by atoms with van der Waals surface area (Å²) in [7, 11) is 0. The molecule has 1 saturated heterocycles. The predicted octanol–water partition coefficient (Wildman–Crippen LogP) is 4.12. The molecule has 0 N–H and O–H groups in total. The molecule has 0 unspecified atom stereocenters. The molecule has 2 heterocycles. The molecule has 1 atom stereocenters. The quantitative estimate of drug-likeness (QED) is 0.666. The molecule has 4 nitrogen and oxygen atoms in total. The van der Waals surface area contributed by atoms with E-state index >= 15 is 0 Å². The van der Waals surface area contributed by atoms with Crippen molar-refractivity contribution < 1.29 is 4.79 Å². The normalized spacial score (nSPS) is 17.4. The molecule has 1 aromatic heterocycles. The molecule has 1 amide bonds. The van der Waals surface area contributed by atoms with Crippen molar-refractivity contribution in [1.29, 1.82) is 0 Å². The van der Waals surface area contributed by atoms with Gasteiger partial charge in [0.1, 0.15) is 5.82 Å². The van der Waals surface area contributed by atoms with Gasteiger partial charge in [-0.05, 0) is 37.1 Å². The van der Waals surface area contributed by atoms with Gasteiger partial charge in [-0.2, -0.15) is 0 Å². The summed E-state index contributed by atoms with van der Waals surface area (Å²) in [6.45, 7) is 3.61. The van der Waals surface area contributed by atoms with Crippen LogP contribution in [0, 0.1) is 6.92 Å². The van der Waals surface area contributed by atoms with Crippen molar-refractivity contribution in [3.8, 4) is 0 Å². The Bertz CT molecular complexity index is 934. The van der Waals surface area contributed by atoms with Crippen LogP contribution >= 0.6 is 15.9 Å². The Morgan fingerprint density at radius 1 is 1.20 bits per heavy atom. The zero-order valence-corrected chi connectivity index (χ0v) is 15.7. The third-order valence-corrected chi connectivity index (χ3v) is 5.73. The third-order valence-electron chi connectivity index (χ3n) is 4.95. The molecular formula is C20H20BrN3O. The fraction of sp³-hybridized carbons (Fsp3) is 0.300. The van der Waals surface area contributed by atoms with Crippen LogP contribution in [0.3, 0.4) is 0 Å². The van der Waals surface area contributed by atoms with E-state index in [-0.39, 0.29) is 5.91 Å². The largest absolute Gasteiger partial charge is 0.340 e. The molecule has 1 fully saturated rings. The lowest BCUT2D eigenvalue weighted by atomic mass is 10.1. The van der Waals surface area contributed by atoms with Gasteiger partial charge in [0.05, 0.1) is 23.5 Å². The minimum absolute atomic E-state index is 0.191. The standard InChI is InChI=1S/C20H20BrN3O/c1-14-22-18-8-4-5-9-19(18)24(14)16-10-11-23(13-16)20(25)12-15-6-2-3-7-17(15)21/h2-9,16H,10-13H2,1H3/t16-/m1/s1. The number of rotatable bonds is 3. The summed E-state index contributed by atoms with van der Waals surface area (Å²) in [5.41, 5.74) is 3.23. The predicted molar refractivity (Wildman–Crippen MR) is 103 cm³/mol. The maximum Gasteiger partial charge on any atom is 0.227 e. The van der Waals surface area contributed by atoms with Gasteiger partial charge in [0.25, 0.3) is 0 Å². The molecule has 5 heteroatoms. The average molecular weight is 398 g/mol. The summed E-state index contributed by atoms with van der Waals surface area (Å²) in [6, 6.07) is 16.4. The number of nitrogens with zero attached hydrogens (tertiary/aromatic N) is 3. The Morgan fingerprint density at radius 3 is 2.80 bits per heavy atom. The summed E-state index contributed by atoms with van der Waals surface area (Å²) in [4.78, 5) is 19.4. The molecule has 0 saturated carbocycles. The van der Waals surface area contributed by atoms with E-state index in [1.54, 1.807) is 0 Å². The molecule has 1 aliphatic rings. The molecule has 128 valence electrons. The van der Waals surface area contributed by atoms with Gasteiger partial charge in [0.2, 0.25) is 5.91 Å². The van der Waals surface area contributed by atoms with Crippen LogP contribution in [0.5, 0.6) is 0 Å². The Labute approximate surface area is 155 Å². The van der Waals surface area contributed by atoms with Crippen molar-refractivity contribution in [3.63, 3.8) is 0 Å². The highest BCUT2D eigenvalue weighted by atomic mass is 79.9. The van der Waals surface area contributed by atoms with Crippen LogP contribution in [0.25, 0.3) is 11.0 Å². The molecular weight excluding hydrogens is 378 g/mol. The second-order valence-electron chi connectivity index (χ2n) is 6.57. The van der Waals surface area contributed by atoms with E-state index in [1.807, 2.05) is 54.3 Å². The summed E-state index contributed by atoms with van der Waals surface area (Å²) in [5, 5.41) is 0. The zero-order valence-electron chi connectivity index (χ0n) is 14.2. The Balaban J connectivity index is 1.52. The number of hydrogen-bond acceptors (Lipinski definition) is 2. The molecule has 0 radical (unpaired) electrons. The van der Waals surface area contributed by atoms with Gasteiger partial charge in [-0.25, -0.2) is 4.98 Å². The van der Waals surface area contributed by atoms with Crippen molar-refractivity contribution in [2.45, 2.75) is 25.8 Å². The van der Waals surface area contributed by atoms with Crippen molar-refractivity contribution in [2.75, 3.05) is 13.1 Å². The first-order valence-electron chi connectivity index (χ1n) is 8.58. The topological polar surface area (TPSA) is 38.1 Å². The van der Waals surface area contributed by atoms with E-state index in [4.69, 9.17) is 0 Å². The smallest absolute Gasteiger partial charge is 0.227 e. The van der Waals surface area contributed by atoms with Gasteiger partial charge >= 0.3 is 0 Å². The fourth-order valence-corrected chi connectivity index (χ4v) is 4.15. The fourth-order valence-electron chi connectivity index (χ4n) is 3.72. The first kappa shape index (κ1) is 16.3. The lowest BCUT2D eigenvalue weighted by Gasteiger charge is -2.19. The molecule has 0 spiro atoms. The Kier molecular flexibility index (Phi) is 4.34. The van der Waals surface area contributed by atoms with Crippen LogP contribution in [0.15, 0.2) is 53.0 Å². The van der Waals surface area contributed by atoms with Crippen LogP contribution in [0.2, 0.25) is 0 Å². The van der Waals surface area contributed by atoms with Crippen molar-refractivity contribution >= 4 is 32.9 Å². The number of benzene rings is 2. The van der Waals surface area contributed by atoms with Crippen LogP contribution in [0.4, 0.5) is 0 Å². The highest BCUT2D eigenvalue weighted by molar-refractivity contribution is 9.10. The summed E-state index contributed by atoms with van der Waals surface area (Å²) < 4.78 is 3.29. The summed E-state index contributed by atoms with van der Waals surface area (Å²) in [5.74, 6) is 1.21. The van der Waals surface area contributed by atoms with E-state index < -0.39 is 0 Å². The van der Waals surface area contributed by atoms with Gasteiger partial charge < -0.3 is 9.47 Å². The molecule has 4 rings (SSSR count). The van der Waals surface area contributed by atoms with Crippen LogP contribution in [-0.2, 0) is 11.2 Å². The monoisotopic (exact) mass is 397 g/mol. The second-order valence-corrected chi connectivity index (χ2v) is 7.42. The number of carbonyl (C=O) groups is 1. The number of imidazole rings is 1. The van der Waals surface area contributed by atoms with Crippen LogP contribution in [-0.4, -0.2) is 33.4 Å². The van der Waals surface area contributed by atoms with Gasteiger partial charge in [0, 0.05) is 17.6 Å². The minimum Gasteiger partial charge on any atom is -0.340 e. The number of para-hydroxylation sites is 2. The maximum absolute atomic E-state index is 12.7. The summed E-state index contributed by atoms with van der Waals surface area (Å²) in [6.07, 6.45) is 1.42. The average Bonchev–Trinajstić information content (AvgIpc) is 3.20. The van der Waals surface area contributed by atoms with Gasteiger partial charge in [0.15, 0.2) is 0 Å². The highest BCUT2D eigenvalue weighted by Gasteiger charge is 2.29. The SMILES string of the molecule is Cc1nc2ccccc2n1[C@@H]1CCN(C(=O)Cc2ccccc2Br)C1. The van der Waals surface area contributed by atoms with E-state index in [9.17, 15) is 4.79 Å². The summed E-state index contributed by atoms with van der Waals surface area (Å²) >= 11 is 3.53. The van der Waals surface area contributed by atoms with Crippen LogP contribution in [0.1, 0.15) is 23.9 Å². The highest BCUT2D eigenvalue weighted by Crippen LogP contribution is 2.28. The Hall–Kier alpha value is -2.14. The molecule has 25 heavy (non-hydrogen) atoms.